The number of aromatic nitrogens is 2. The zero-order valence-electron chi connectivity index (χ0n) is 13.7. The van der Waals surface area contributed by atoms with E-state index in [-0.39, 0.29) is 0 Å². The van der Waals surface area contributed by atoms with E-state index in [1.807, 2.05) is 74.5 Å². The van der Waals surface area contributed by atoms with Crippen LogP contribution in [0.15, 0.2) is 65.8 Å². The fraction of sp³-hybridized carbons (Fsp3) is 0.105. The lowest BCUT2D eigenvalue weighted by Crippen LogP contribution is -2.03. The summed E-state index contributed by atoms with van der Waals surface area (Å²) >= 11 is 0. The fourth-order valence-electron chi connectivity index (χ4n) is 2.35. The second kappa shape index (κ2) is 6.91. The van der Waals surface area contributed by atoms with Crippen molar-refractivity contribution >= 4 is 17.2 Å². The molecule has 0 saturated heterocycles. The maximum Gasteiger partial charge on any atom is 0.150 e. The Morgan fingerprint density at radius 3 is 2.54 bits per heavy atom. The number of benzene rings is 2. The Morgan fingerprint density at radius 1 is 1.00 bits per heavy atom. The zero-order chi connectivity index (χ0) is 16.9. The van der Waals surface area contributed by atoms with Crippen LogP contribution in [0.5, 0.6) is 0 Å². The summed E-state index contributed by atoms with van der Waals surface area (Å²) in [6.07, 6.45) is 0. The molecular weight excluding hydrogens is 298 g/mol. The van der Waals surface area contributed by atoms with Crippen LogP contribution in [0.25, 0.3) is 11.3 Å². The average Bonchev–Trinajstić information content (AvgIpc) is 2.60. The van der Waals surface area contributed by atoms with Crippen molar-refractivity contribution in [3.8, 4) is 11.3 Å². The molecule has 5 nitrogen and oxygen atoms in total. The van der Waals surface area contributed by atoms with Crippen molar-refractivity contribution in [2.45, 2.75) is 13.8 Å². The molecule has 1 aromatic heterocycles. The summed E-state index contributed by atoms with van der Waals surface area (Å²) in [4.78, 5) is 8.87. The summed E-state index contributed by atoms with van der Waals surface area (Å²) in [7, 11) is 0. The molecule has 0 aliphatic rings. The normalized spacial score (nSPS) is 11.3. The highest BCUT2D eigenvalue weighted by atomic mass is 15.3. The van der Waals surface area contributed by atoms with Crippen LogP contribution in [-0.4, -0.2) is 15.7 Å². The maximum atomic E-state index is 5.81. The molecule has 0 radical (unpaired) electrons. The average molecular weight is 317 g/mol. The van der Waals surface area contributed by atoms with E-state index in [0.29, 0.717) is 17.3 Å². The van der Waals surface area contributed by atoms with Gasteiger partial charge in [0.2, 0.25) is 0 Å². The molecule has 0 amide bonds. The van der Waals surface area contributed by atoms with Crippen LogP contribution < -0.4 is 11.2 Å². The number of hydrazone groups is 1. The van der Waals surface area contributed by atoms with Crippen molar-refractivity contribution < 1.29 is 0 Å². The van der Waals surface area contributed by atoms with Gasteiger partial charge in [-0.3, -0.25) is 5.43 Å². The summed E-state index contributed by atoms with van der Waals surface area (Å²) in [5, 5.41) is 4.40. The van der Waals surface area contributed by atoms with E-state index in [2.05, 4.69) is 20.5 Å². The van der Waals surface area contributed by atoms with Crippen LogP contribution >= 0.6 is 0 Å². The number of nitrogens with one attached hydrogen (secondary N) is 1. The molecule has 5 heteroatoms. The first-order valence-electron chi connectivity index (χ1n) is 7.69. The van der Waals surface area contributed by atoms with Gasteiger partial charge < -0.3 is 5.73 Å². The quantitative estimate of drug-likeness (QED) is 0.435. The number of nitrogens with two attached hydrogens (primary N) is 1. The molecule has 3 rings (SSSR count). The SMILES string of the molecule is C/C(=N\Nc1cc(-c2ccccc2)nc(C)n1)c1cccc(N)c1. The minimum atomic E-state index is 0.657. The van der Waals surface area contributed by atoms with Crippen molar-refractivity contribution in [2.24, 2.45) is 5.10 Å². The van der Waals surface area contributed by atoms with E-state index in [1.165, 1.54) is 0 Å². The molecule has 3 N–H and O–H groups in total. The molecule has 120 valence electrons. The molecule has 24 heavy (non-hydrogen) atoms. The Balaban J connectivity index is 1.85. The Labute approximate surface area is 141 Å². The van der Waals surface area contributed by atoms with Crippen LogP contribution in [0.4, 0.5) is 11.5 Å². The van der Waals surface area contributed by atoms with E-state index < -0.39 is 0 Å². The summed E-state index contributed by atoms with van der Waals surface area (Å²) in [5.74, 6) is 1.35. The predicted molar refractivity (Wildman–Crippen MR) is 98.9 cm³/mol. The lowest BCUT2D eigenvalue weighted by molar-refractivity contribution is 1.05. The van der Waals surface area contributed by atoms with Crippen molar-refractivity contribution in [1.82, 2.24) is 9.97 Å². The third-order valence-corrected chi connectivity index (χ3v) is 3.55. The van der Waals surface area contributed by atoms with Crippen molar-refractivity contribution in [2.75, 3.05) is 11.2 Å². The van der Waals surface area contributed by atoms with Crippen LogP contribution in [0.3, 0.4) is 0 Å². The highest BCUT2D eigenvalue weighted by Gasteiger charge is 2.04. The lowest BCUT2D eigenvalue weighted by atomic mass is 10.1. The molecule has 0 spiro atoms. The van der Waals surface area contributed by atoms with Crippen molar-refractivity contribution in [3.63, 3.8) is 0 Å². The highest BCUT2D eigenvalue weighted by Crippen LogP contribution is 2.19. The number of anilines is 2. The van der Waals surface area contributed by atoms with Gasteiger partial charge in [-0.2, -0.15) is 5.10 Å². The second-order valence-corrected chi connectivity index (χ2v) is 5.49. The Kier molecular flexibility index (Phi) is 4.52. The van der Waals surface area contributed by atoms with Crippen molar-refractivity contribution in [1.29, 1.82) is 0 Å². The molecule has 1 heterocycles. The molecule has 0 unspecified atom stereocenters. The first-order chi connectivity index (χ1) is 11.6. The molecule has 2 aromatic carbocycles. The molecule has 0 aliphatic heterocycles. The molecular formula is C19H19N5. The number of rotatable bonds is 4. The standard InChI is InChI=1S/C19H19N5/c1-13(16-9-6-10-17(20)11-16)23-24-19-12-18(21-14(2)22-19)15-7-4-3-5-8-15/h3-12H,20H2,1-2H3,(H,21,22,24)/b23-13+. The second-order valence-electron chi connectivity index (χ2n) is 5.49. The van der Waals surface area contributed by atoms with Gasteiger partial charge in [0.05, 0.1) is 11.4 Å². The molecule has 3 aromatic rings. The van der Waals surface area contributed by atoms with E-state index in [0.717, 1.165) is 22.5 Å². The van der Waals surface area contributed by atoms with E-state index in [9.17, 15) is 0 Å². The number of hydrogen-bond acceptors (Lipinski definition) is 5. The number of hydrogen-bond donors (Lipinski definition) is 2. The van der Waals surface area contributed by atoms with E-state index in [1.54, 1.807) is 0 Å². The van der Waals surface area contributed by atoms with Gasteiger partial charge in [-0.15, -0.1) is 0 Å². The number of aryl methyl sites for hydroxylation is 1. The molecule has 0 saturated carbocycles. The topological polar surface area (TPSA) is 76.2 Å². The Hall–Kier alpha value is -3.21. The minimum Gasteiger partial charge on any atom is -0.399 e. The maximum absolute atomic E-state index is 5.81. The first kappa shape index (κ1) is 15.7. The minimum absolute atomic E-state index is 0.657. The monoisotopic (exact) mass is 317 g/mol. The van der Waals surface area contributed by atoms with Gasteiger partial charge in [0, 0.05) is 17.3 Å². The van der Waals surface area contributed by atoms with Gasteiger partial charge in [-0.05, 0) is 31.5 Å². The summed E-state index contributed by atoms with van der Waals surface area (Å²) in [6.45, 7) is 3.79. The Morgan fingerprint density at radius 2 is 1.79 bits per heavy atom. The third kappa shape index (κ3) is 3.76. The lowest BCUT2D eigenvalue weighted by Gasteiger charge is -2.07. The van der Waals surface area contributed by atoms with Crippen LogP contribution in [0.1, 0.15) is 18.3 Å². The number of nitrogens with zero attached hydrogens (tertiary/aromatic N) is 3. The van der Waals surface area contributed by atoms with Gasteiger partial charge >= 0.3 is 0 Å². The third-order valence-electron chi connectivity index (χ3n) is 3.55. The van der Waals surface area contributed by atoms with Gasteiger partial charge in [0.1, 0.15) is 11.6 Å². The zero-order valence-corrected chi connectivity index (χ0v) is 13.7. The van der Waals surface area contributed by atoms with Crippen LogP contribution in [-0.2, 0) is 0 Å². The number of nitrogen functional groups attached to an aromatic ring is 1. The highest BCUT2D eigenvalue weighted by molar-refractivity contribution is 5.99. The first-order valence-corrected chi connectivity index (χ1v) is 7.69. The van der Waals surface area contributed by atoms with Gasteiger partial charge in [-0.25, -0.2) is 9.97 Å². The molecule has 0 fully saturated rings. The van der Waals surface area contributed by atoms with Crippen LogP contribution in [0.2, 0.25) is 0 Å². The largest absolute Gasteiger partial charge is 0.399 e. The van der Waals surface area contributed by atoms with E-state index >= 15 is 0 Å². The van der Waals surface area contributed by atoms with Gasteiger partial charge in [0.25, 0.3) is 0 Å². The van der Waals surface area contributed by atoms with Gasteiger partial charge in [0.15, 0.2) is 0 Å². The molecule has 0 aliphatic carbocycles. The predicted octanol–water partition coefficient (Wildman–Crippen LogP) is 3.87. The summed E-state index contributed by atoms with van der Waals surface area (Å²) in [6, 6.07) is 19.5. The van der Waals surface area contributed by atoms with E-state index in [4.69, 9.17) is 5.73 Å². The summed E-state index contributed by atoms with van der Waals surface area (Å²) < 4.78 is 0. The Bertz CT molecular complexity index is 872. The fourth-order valence-corrected chi connectivity index (χ4v) is 2.35. The summed E-state index contributed by atoms with van der Waals surface area (Å²) in [5.41, 5.74) is 13.2. The van der Waals surface area contributed by atoms with Crippen molar-refractivity contribution in [3.05, 3.63) is 72.1 Å². The van der Waals surface area contributed by atoms with Gasteiger partial charge in [-0.1, -0.05) is 42.5 Å². The molecule has 0 bridgehead atoms. The smallest absolute Gasteiger partial charge is 0.150 e. The molecule has 0 atom stereocenters. The van der Waals surface area contributed by atoms with Crippen LogP contribution in [0, 0.1) is 6.92 Å².